The summed E-state index contributed by atoms with van der Waals surface area (Å²) in [6, 6.07) is 15.9. The van der Waals surface area contributed by atoms with Gasteiger partial charge in [0.2, 0.25) is 0 Å². The molecule has 0 amide bonds. The Bertz CT molecular complexity index is 789. The molecule has 0 radical (unpaired) electrons. The summed E-state index contributed by atoms with van der Waals surface area (Å²) in [4.78, 5) is 16.2. The van der Waals surface area contributed by atoms with Gasteiger partial charge in [0.25, 0.3) is 0 Å². The van der Waals surface area contributed by atoms with E-state index in [2.05, 4.69) is 40.1 Å². The number of carbonyl (C=O) groups is 1. The van der Waals surface area contributed by atoms with Crippen LogP contribution in [-0.4, -0.2) is 49.3 Å². The number of aliphatic carboxylic acids is 1. The molecule has 150 valence electrons. The number of ether oxygens (including phenoxy) is 1. The quantitative estimate of drug-likeness (QED) is 0.779. The Hall–Kier alpha value is -2.53. The van der Waals surface area contributed by atoms with Gasteiger partial charge in [0.05, 0.1) is 12.6 Å². The first kappa shape index (κ1) is 20.2. The molecule has 0 aromatic heterocycles. The van der Waals surface area contributed by atoms with Crippen LogP contribution in [0, 0.1) is 0 Å². The van der Waals surface area contributed by atoms with Gasteiger partial charge in [0, 0.05) is 19.8 Å². The second kappa shape index (κ2) is 9.11. The molecule has 1 aliphatic heterocycles. The Labute approximate surface area is 167 Å². The number of anilines is 1. The van der Waals surface area contributed by atoms with Gasteiger partial charge in [-0.1, -0.05) is 30.7 Å². The van der Waals surface area contributed by atoms with Crippen molar-refractivity contribution in [2.75, 3.05) is 32.1 Å². The molecule has 1 heterocycles. The van der Waals surface area contributed by atoms with Gasteiger partial charge in [-0.25, -0.2) is 0 Å². The minimum absolute atomic E-state index is 0.113. The predicted octanol–water partition coefficient (Wildman–Crippen LogP) is 4.18. The van der Waals surface area contributed by atoms with Crippen molar-refractivity contribution >= 4 is 11.7 Å². The molecule has 0 bridgehead atoms. The van der Waals surface area contributed by atoms with Gasteiger partial charge in [0.1, 0.15) is 11.8 Å². The highest BCUT2D eigenvalue weighted by Gasteiger charge is 2.35. The first-order valence-electron chi connectivity index (χ1n) is 10.00. The van der Waals surface area contributed by atoms with Crippen LogP contribution >= 0.6 is 0 Å². The lowest BCUT2D eigenvalue weighted by molar-refractivity contribution is -0.145. The van der Waals surface area contributed by atoms with E-state index in [1.807, 2.05) is 39.2 Å². The standard InChI is InChI=1S/C23H30N2O3/c1-4-28-20-9-7-8-18(16-20)22(17-11-13-19(14-12-17)24(2)3)25-15-6-5-10-21(25)23(26)27/h7-9,11-14,16,21-22H,4-6,10,15H2,1-3H3,(H,26,27). The first-order valence-corrected chi connectivity index (χ1v) is 10.00. The van der Waals surface area contributed by atoms with Crippen LogP contribution in [0.3, 0.4) is 0 Å². The Morgan fingerprint density at radius 3 is 2.57 bits per heavy atom. The molecule has 2 aromatic carbocycles. The van der Waals surface area contributed by atoms with E-state index >= 15 is 0 Å². The van der Waals surface area contributed by atoms with Crippen molar-refractivity contribution in [3.05, 3.63) is 59.7 Å². The summed E-state index contributed by atoms with van der Waals surface area (Å²) in [5.41, 5.74) is 3.29. The number of rotatable bonds is 7. The molecule has 5 nitrogen and oxygen atoms in total. The zero-order chi connectivity index (χ0) is 20.1. The lowest BCUT2D eigenvalue weighted by atomic mass is 9.91. The fourth-order valence-electron chi connectivity index (χ4n) is 4.00. The number of hydrogen-bond acceptors (Lipinski definition) is 4. The summed E-state index contributed by atoms with van der Waals surface area (Å²) in [6.07, 6.45) is 2.66. The fraction of sp³-hybridized carbons (Fsp3) is 0.435. The van der Waals surface area contributed by atoms with Crippen LogP contribution in [0.25, 0.3) is 0 Å². The summed E-state index contributed by atoms with van der Waals surface area (Å²) in [5.74, 6) is 0.0781. The molecule has 0 saturated carbocycles. The maximum atomic E-state index is 12.0. The lowest BCUT2D eigenvalue weighted by Crippen LogP contribution is -2.46. The minimum Gasteiger partial charge on any atom is -0.494 e. The van der Waals surface area contributed by atoms with Gasteiger partial charge in [-0.2, -0.15) is 0 Å². The average Bonchev–Trinajstić information content (AvgIpc) is 2.69. The van der Waals surface area contributed by atoms with Crippen molar-refractivity contribution in [3.63, 3.8) is 0 Å². The van der Waals surface area contributed by atoms with E-state index in [0.717, 1.165) is 42.0 Å². The van der Waals surface area contributed by atoms with Crippen LogP contribution in [0.1, 0.15) is 43.4 Å². The van der Waals surface area contributed by atoms with E-state index in [0.29, 0.717) is 13.0 Å². The summed E-state index contributed by atoms with van der Waals surface area (Å²) in [7, 11) is 4.03. The Balaban J connectivity index is 2.05. The van der Waals surface area contributed by atoms with Gasteiger partial charge in [-0.3, -0.25) is 9.69 Å². The summed E-state index contributed by atoms with van der Waals surface area (Å²) >= 11 is 0. The topological polar surface area (TPSA) is 53.0 Å². The monoisotopic (exact) mass is 382 g/mol. The number of piperidine rings is 1. The molecular formula is C23H30N2O3. The van der Waals surface area contributed by atoms with E-state index in [1.165, 1.54) is 0 Å². The van der Waals surface area contributed by atoms with E-state index in [4.69, 9.17) is 4.74 Å². The van der Waals surface area contributed by atoms with Crippen molar-refractivity contribution in [2.45, 2.75) is 38.3 Å². The van der Waals surface area contributed by atoms with Gasteiger partial charge >= 0.3 is 5.97 Å². The third-order valence-corrected chi connectivity index (χ3v) is 5.37. The Morgan fingerprint density at radius 2 is 1.93 bits per heavy atom. The van der Waals surface area contributed by atoms with E-state index < -0.39 is 12.0 Å². The summed E-state index contributed by atoms with van der Waals surface area (Å²) in [5, 5.41) is 9.83. The van der Waals surface area contributed by atoms with Crippen molar-refractivity contribution in [2.24, 2.45) is 0 Å². The fourth-order valence-corrected chi connectivity index (χ4v) is 4.00. The van der Waals surface area contributed by atoms with E-state index in [1.54, 1.807) is 0 Å². The highest BCUT2D eigenvalue weighted by Crippen LogP contribution is 2.36. The molecule has 2 unspecified atom stereocenters. The van der Waals surface area contributed by atoms with Gasteiger partial charge in [-0.05, 0) is 61.7 Å². The Kier molecular flexibility index (Phi) is 6.57. The normalized spacial score (nSPS) is 18.5. The third-order valence-electron chi connectivity index (χ3n) is 5.37. The zero-order valence-corrected chi connectivity index (χ0v) is 17.0. The van der Waals surface area contributed by atoms with Gasteiger partial charge in [-0.15, -0.1) is 0 Å². The Morgan fingerprint density at radius 1 is 1.18 bits per heavy atom. The summed E-state index contributed by atoms with van der Waals surface area (Å²) in [6.45, 7) is 3.35. The minimum atomic E-state index is -0.740. The van der Waals surface area contributed by atoms with Gasteiger partial charge < -0.3 is 14.7 Å². The second-order valence-electron chi connectivity index (χ2n) is 7.48. The highest BCUT2D eigenvalue weighted by molar-refractivity contribution is 5.73. The predicted molar refractivity (Wildman–Crippen MR) is 112 cm³/mol. The van der Waals surface area contributed by atoms with Crippen LogP contribution in [-0.2, 0) is 4.79 Å². The van der Waals surface area contributed by atoms with E-state index in [9.17, 15) is 9.90 Å². The van der Waals surface area contributed by atoms with Crippen LogP contribution in [0.4, 0.5) is 5.69 Å². The van der Waals surface area contributed by atoms with Crippen molar-refractivity contribution in [1.29, 1.82) is 0 Å². The maximum Gasteiger partial charge on any atom is 0.320 e. The largest absolute Gasteiger partial charge is 0.494 e. The number of likely N-dealkylation sites (tertiary alicyclic amines) is 1. The molecule has 5 heteroatoms. The van der Waals surface area contributed by atoms with Crippen molar-refractivity contribution in [3.8, 4) is 5.75 Å². The molecular weight excluding hydrogens is 352 g/mol. The SMILES string of the molecule is CCOc1cccc(C(c2ccc(N(C)C)cc2)N2CCCCC2C(=O)O)c1. The first-order chi connectivity index (χ1) is 13.5. The number of nitrogens with zero attached hydrogens (tertiary/aromatic N) is 2. The average molecular weight is 383 g/mol. The molecule has 1 fully saturated rings. The van der Waals surface area contributed by atoms with Crippen LogP contribution in [0.2, 0.25) is 0 Å². The zero-order valence-electron chi connectivity index (χ0n) is 17.0. The van der Waals surface area contributed by atoms with Crippen molar-refractivity contribution in [1.82, 2.24) is 4.90 Å². The number of carboxylic acids is 1. The highest BCUT2D eigenvalue weighted by atomic mass is 16.5. The molecule has 1 aliphatic rings. The molecule has 1 N–H and O–H groups in total. The lowest BCUT2D eigenvalue weighted by Gasteiger charge is -2.39. The van der Waals surface area contributed by atoms with E-state index in [-0.39, 0.29) is 6.04 Å². The summed E-state index contributed by atoms with van der Waals surface area (Å²) < 4.78 is 5.70. The van der Waals surface area contributed by atoms with Crippen LogP contribution in [0.5, 0.6) is 5.75 Å². The molecule has 2 aromatic rings. The van der Waals surface area contributed by atoms with Crippen molar-refractivity contribution < 1.29 is 14.6 Å². The molecule has 0 spiro atoms. The van der Waals surface area contributed by atoms with Crippen LogP contribution in [0.15, 0.2) is 48.5 Å². The molecule has 28 heavy (non-hydrogen) atoms. The number of carboxylic acid groups (broad SMARTS) is 1. The molecule has 2 atom stereocenters. The second-order valence-corrected chi connectivity index (χ2v) is 7.48. The molecule has 0 aliphatic carbocycles. The number of hydrogen-bond donors (Lipinski definition) is 1. The third kappa shape index (κ3) is 4.47. The van der Waals surface area contributed by atoms with Crippen LogP contribution < -0.4 is 9.64 Å². The van der Waals surface area contributed by atoms with Gasteiger partial charge in [0.15, 0.2) is 0 Å². The smallest absolute Gasteiger partial charge is 0.320 e. The molecule has 1 saturated heterocycles. The molecule has 3 rings (SSSR count). The maximum absolute atomic E-state index is 12.0. The number of benzene rings is 2.